The molecule has 0 fully saturated rings. The molecule has 0 saturated heterocycles. The van der Waals surface area contributed by atoms with Crippen LogP contribution in [0.3, 0.4) is 0 Å². The van der Waals surface area contributed by atoms with Crippen LogP contribution in [0.4, 0.5) is 0 Å². The summed E-state index contributed by atoms with van der Waals surface area (Å²) in [7, 11) is 0. The fourth-order valence-electron chi connectivity index (χ4n) is 1.87. The summed E-state index contributed by atoms with van der Waals surface area (Å²) < 4.78 is 10.3. The molecule has 0 aliphatic carbocycles. The van der Waals surface area contributed by atoms with Crippen molar-refractivity contribution < 1.29 is 14.1 Å². The molecule has 0 atom stereocenters. The lowest BCUT2D eigenvalue weighted by atomic mass is 10.0. The lowest BCUT2D eigenvalue weighted by molar-refractivity contribution is 0.0524. The lowest BCUT2D eigenvalue weighted by Crippen LogP contribution is -2.07. The monoisotopic (exact) mass is 313 g/mol. The molecule has 20 heavy (non-hydrogen) atoms. The summed E-state index contributed by atoms with van der Waals surface area (Å²) in [4.78, 5) is 12.1. The topological polar surface area (TPSA) is 52.3 Å². The van der Waals surface area contributed by atoms with Gasteiger partial charge in [-0.1, -0.05) is 41.3 Å². The highest BCUT2D eigenvalue weighted by Gasteiger charge is 2.26. The Balaban J connectivity index is 2.63. The molecular weight excluding hydrogens is 301 g/mol. The van der Waals surface area contributed by atoms with E-state index in [4.69, 9.17) is 32.5 Å². The van der Waals surface area contributed by atoms with Crippen LogP contribution in [0, 0.1) is 0 Å². The SMILES string of the molecule is CCOC(=O)c1c(-c2c(Cl)cccc2Cl)noc1CC. The van der Waals surface area contributed by atoms with Gasteiger partial charge in [-0.2, -0.15) is 0 Å². The normalized spacial score (nSPS) is 10.6. The Morgan fingerprint density at radius 2 is 1.95 bits per heavy atom. The Morgan fingerprint density at radius 1 is 1.30 bits per heavy atom. The summed E-state index contributed by atoms with van der Waals surface area (Å²) in [5, 5.41) is 4.74. The van der Waals surface area contributed by atoms with E-state index in [1.165, 1.54) is 0 Å². The van der Waals surface area contributed by atoms with Gasteiger partial charge in [0.15, 0.2) is 5.76 Å². The molecule has 0 spiro atoms. The van der Waals surface area contributed by atoms with Gasteiger partial charge in [0.05, 0.1) is 16.7 Å². The third-order valence-corrected chi connectivity index (χ3v) is 3.39. The van der Waals surface area contributed by atoms with Crippen LogP contribution < -0.4 is 0 Å². The summed E-state index contributed by atoms with van der Waals surface area (Å²) in [5.41, 5.74) is 1.07. The van der Waals surface area contributed by atoms with Gasteiger partial charge in [0.2, 0.25) is 0 Å². The van der Waals surface area contributed by atoms with Crippen molar-refractivity contribution in [1.29, 1.82) is 0 Å². The molecule has 0 amide bonds. The number of nitrogens with zero attached hydrogens (tertiary/aromatic N) is 1. The summed E-state index contributed by atoms with van der Waals surface area (Å²) in [5.74, 6) is -0.0361. The van der Waals surface area contributed by atoms with E-state index < -0.39 is 5.97 Å². The molecule has 0 aliphatic rings. The molecule has 0 unspecified atom stereocenters. The number of hydrogen-bond donors (Lipinski definition) is 0. The Labute approximate surface area is 126 Å². The van der Waals surface area contributed by atoms with Crippen molar-refractivity contribution in [2.75, 3.05) is 6.61 Å². The Hall–Kier alpha value is -1.52. The van der Waals surface area contributed by atoms with E-state index in [1.54, 1.807) is 25.1 Å². The van der Waals surface area contributed by atoms with Crippen molar-refractivity contribution in [2.45, 2.75) is 20.3 Å². The van der Waals surface area contributed by atoms with Gasteiger partial charge in [0.1, 0.15) is 11.3 Å². The van der Waals surface area contributed by atoms with Crippen molar-refractivity contribution in [1.82, 2.24) is 5.16 Å². The number of benzene rings is 1. The zero-order valence-corrected chi connectivity index (χ0v) is 12.6. The maximum Gasteiger partial charge on any atom is 0.344 e. The second-order valence-corrected chi connectivity index (χ2v) is 4.81. The minimum atomic E-state index is -0.489. The van der Waals surface area contributed by atoms with Gasteiger partial charge in [-0.15, -0.1) is 0 Å². The molecule has 0 aliphatic heterocycles. The molecule has 0 saturated carbocycles. The Kier molecular flexibility index (Phi) is 4.68. The summed E-state index contributed by atoms with van der Waals surface area (Å²) in [6.45, 7) is 3.86. The standard InChI is InChI=1S/C14H13Cl2NO3/c1-3-10-12(14(18)19-4-2)13(17-20-10)11-8(15)6-5-7-9(11)16/h5-7H,3-4H2,1-2H3. The molecule has 0 bridgehead atoms. The van der Waals surface area contributed by atoms with Gasteiger partial charge in [-0.25, -0.2) is 4.79 Å². The molecule has 0 N–H and O–H groups in total. The van der Waals surface area contributed by atoms with E-state index in [1.807, 2.05) is 6.92 Å². The minimum absolute atomic E-state index is 0.267. The highest BCUT2D eigenvalue weighted by atomic mass is 35.5. The predicted octanol–water partition coefficient (Wildman–Crippen LogP) is 4.39. The van der Waals surface area contributed by atoms with Crippen LogP contribution in [0.5, 0.6) is 0 Å². The molecular formula is C14H13Cl2NO3. The maximum absolute atomic E-state index is 12.1. The quantitative estimate of drug-likeness (QED) is 0.786. The second-order valence-electron chi connectivity index (χ2n) is 4.00. The Bertz CT molecular complexity index is 617. The predicted molar refractivity (Wildman–Crippen MR) is 77.3 cm³/mol. The molecule has 6 heteroatoms. The largest absolute Gasteiger partial charge is 0.462 e. The van der Waals surface area contributed by atoms with Crippen LogP contribution in [0.15, 0.2) is 22.7 Å². The molecule has 2 aromatic rings. The maximum atomic E-state index is 12.1. The number of halogens is 2. The highest BCUT2D eigenvalue weighted by molar-refractivity contribution is 6.39. The molecule has 1 aromatic carbocycles. The van der Waals surface area contributed by atoms with Crippen molar-refractivity contribution in [3.8, 4) is 11.3 Å². The number of carbonyl (C=O) groups is 1. The van der Waals surface area contributed by atoms with E-state index in [-0.39, 0.29) is 12.2 Å². The second kappa shape index (κ2) is 6.29. The van der Waals surface area contributed by atoms with E-state index in [9.17, 15) is 4.79 Å². The lowest BCUT2D eigenvalue weighted by Gasteiger charge is -2.06. The van der Waals surface area contributed by atoms with Gasteiger partial charge >= 0.3 is 5.97 Å². The first-order valence-corrected chi connectivity index (χ1v) is 6.95. The summed E-state index contributed by atoms with van der Waals surface area (Å²) >= 11 is 12.3. The van der Waals surface area contributed by atoms with Gasteiger partial charge in [0, 0.05) is 12.0 Å². The van der Waals surface area contributed by atoms with Crippen molar-refractivity contribution in [3.05, 3.63) is 39.6 Å². The molecule has 106 valence electrons. The van der Waals surface area contributed by atoms with E-state index in [0.717, 1.165) is 0 Å². The van der Waals surface area contributed by atoms with Crippen molar-refractivity contribution >= 4 is 29.2 Å². The first-order valence-electron chi connectivity index (χ1n) is 6.20. The van der Waals surface area contributed by atoms with Crippen LogP contribution in [0.1, 0.15) is 30.0 Å². The van der Waals surface area contributed by atoms with Gasteiger partial charge in [0.25, 0.3) is 0 Å². The summed E-state index contributed by atoms with van der Waals surface area (Å²) in [6, 6.07) is 5.08. The molecule has 1 heterocycles. The van der Waals surface area contributed by atoms with Crippen LogP contribution in [-0.4, -0.2) is 17.7 Å². The van der Waals surface area contributed by atoms with Crippen LogP contribution in [-0.2, 0) is 11.2 Å². The molecule has 0 radical (unpaired) electrons. The van der Waals surface area contributed by atoms with Crippen LogP contribution in [0.25, 0.3) is 11.3 Å². The molecule has 1 aromatic heterocycles. The average molecular weight is 314 g/mol. The number of esters is 1. The molecule has 4 nitrogen and oxygen atoms in total. The molecule has 2 rings (SSSR count). The highest BCUT2D eigenvalue weighted by Crippen LogP contribution is 2.37. The first-order chi connectivity index (χ1) is 9.60. The zero-order chi connectivity index (χ0) is 14.7. The number of rotatable bonds is 4. The number of hydrogen-bond acceptors (Lipinski definition) is 4. The third-order valence-electron chi connectivity index (χ3n) is 2.76. The van der Waals surface area contributed by atoms with Gasteiger partial charge in [-0.3, -0.25) is 0 Å². The number of ether oxygens (including phenoxy) is 1. The zero-order valence-electron chi connectivity index (χ0n) is 11.1. The average Bonchev–Trinajstić information content (AvgIpc) is 2.82. The van der Waals surface area contributed by atoms with Gasteiger partial charge in [-0.05, 0) is 19.1 Å². The number of carbonyl (C=O) groups excluding carboxylic acids is 1. The van der Waals surface area contributed by atoms with Gasteiger partial charge < -0.3 is 9.26 Å². The first kappa shape index (κ1) is 14.9. The third kappa shape index (κ3) is 2.67. The number of aryl methyl sites for hydroxylation is 1. The van der Waals surface area contributed by atoms with Crippen LogP contribution >= 0.6 is 23.2 Å². The minimum Gasteiger partial charge on any atom is -0.462 e. The van der Waals surface area contributed by atoms with E-state index in [0.29, 0.717) is 33.5 Å². The van der Waals surface area contributed by atoms with Crippen molar-refractivity contribution in [3.63, 3.8) is 0 Å². The fourth-order valence-corrected chi connectivity index (χ4v) is 2.45. The fraction of sp³-hybridized carbons (Fsp3) is 0.286. The smallest absolute Gasteiger partial charge is 0.344 e. The Morgan fingerprint density at radius 3 is 2.50 bits per heavy atom. The summed E-state index contributed by atoms with van der Waals surface area (Å²) in [6.07, 6.45) is 0.517. The van der Waals surface area contributed by atoms with E-state index >= 15 is 0 Å². The number of aromatic nitrogens is 1. The van der Waals surface area contributed by atoms with E-state index in [2.05, 4.69) is 5.16 Å². The van der Waals surface area contributed by atoms with Crippen LogP contribution in [0.2, 0.25) is 10.0 Å². The van der Waals surface area contributed by atoms with Crippen molar-refractivity contribution in [2.24, 2.45) is 0 Å².